The summed E-state index contributed by atoms with van der Waals surface area (Å²) in [7, 11) is 0. The molecule has 0 bridgehead atoms. The Balaban J connectivity index is 2.70. The minimum absolute atomic E-state index is 0.191. The van der Waals surface area contributed by atoms with Gasteiger partial charge in [0.1, 0.15) is 0 Å². The van der Waals surface area contributed by atoms with Gasteiger partial charge in [0.25, 0.3) is 0 Å². The van der Waals surface area contributed by atoms with Gasteiger partial charge in [-0.1, -0.05) is 0 Å². The van der Waals surface area contributed by atoms with Gasteiger partial charge < -0.3 is 16.6 Å². The van der Waals surface area contributed by atoms with Crippen LogP contribution in [0.15, 0.2) is 15.9 Å². The van der Waals surface area contributed by atoms with Gasteiger partial charge in [-0.3, -0.25) is 0 Å². The topological polar surface area (TPSA) is 72.3 Å². The van der Waals surface area contributed by atoms with Crippen LogP contribution < -0.4 is 11.5 Å². The Morgan fingerprint density at radius 1 is 1.58 bits per heavy atom. The molecular weight excluding hydrogens is 240 g/mol. The van der Waals surface area contributed by atoms with Crippen molar-refractivity contribution in [1.82, 2.24) is 0 Å². The molecule has 12 heavy (non-hydrogen) atoms. The molecule has 2 atom stereocenters. The molecule has 1 rings (SSSR count). The number of halogens is 1. The fraction of sp³-hybridized carbons (Fsp3) is 0.429. The van der Waals surface area contributed by atoms with E-state index in [0.29, 0.717) is 0 Å². The van der Waals surface area contributed by atoms with Crippen LogP contribution in [0, 0.1) is 0 Å². The molecule has 0 saturated heterocycles. The standard InChI is InChI=1S/C7H11BrN2OS/c8-6-2-1-5(12-6)7(10)4(11)3-9/h1-2,4,7,11H,3,9-10H2. The molecular formula is C7H11BrN2OS. The van der Waals surface area contributed by atoms with E-state index in [9.17, 15) is 5.11 Å². The lowest BCUT2D eigenvalue weighted by Gasteiger charge is -2.14. The summed E-state index contributed by atoms with van der Waals surface area (Å²) < 4.78 is 1.01. The monoisotopic (exact) mass is 250 g/mol. The first-order valence-electron chi connectivity index (χ1n) is 3.54. The molecule has 3 nitrogen and oxygen atoms in total. The molecule has 5 heteroatoms. The number of hydrogen-bond acceptors (Lipinski definition) is 4. The molecule has 5 N–H and O–H groups in total. The highest BCUT2D eigenvalue weighted by atomic mass is 79.9. The van der Waals surface area contributed by atoms with Gasteiger partial charge in [-0.15, -0.1) is 11.3 Å². The lowest BCUT2D eigenvalue weighted by atomic mass is 10.1. The second-order valence-corrected chi connectivity index (χ2v) is 4.97. The Morgan fingerprint density at radius 3 is 2.67 bits per heavy atom. The Bertz CT molecular complexity index is 253. The van der Waals surface area contributed by atoms with Crippen molar-refractivity contribution in [2.45, 2.75) is 12.1 Å². The van der Waals surface area contributed by atoms with Gasteiger partial charge in [-0.05, 0) is 28.1 Å². The first-order valence-corrected chi connectivity index (χ1v) is 5.15. The largest absolute Gasteiger partial charge is 0.390 e. The molecule has 0 aromatic carbocycles. The first-order chi connectivity index (χ1) is 5.65. The maximum absolute atomic E-state index is 9.33. The summed E-state index contributed by atoms with van der Waals surface area (Å²) in [6, 6.07) is 3.42. The highest BCUT2D eigenvalue weighted by Crippen LogP contribution is 2.27. The second-order valence-electron chi connectivity index (χ2n) is 2.47. The van der Waals surface area contributed by atoms with Crippen molar-refractivity contribution in [2.24, 2.45) is 11.5 Å². The van der Waals surface area contributed by atoms with Crippen molar-refractivity contribution in [1.29, 1.82) is 0 Å². The summed E-state index contributed by atoms with van der Waals surface area (Å²) in [4.78, 5) is 0.944. The normalized spacial score (nSPS) is 16.0. The molecule has 1 aromatic heterocycles. The van der Waals surface area contributed by atoms with Crippen molar-refractivity contribution >= 4 is 27.3 Å². The first kappa shape index (κ1) is 10.1. The highest BCUT2D eigenvalue weighted by Gasteiger charge is 2.16. The Morgan fingerprint density at radius 2 is 2.25 bits per heavy atom. The molecule has 0 amide bonds. The molecule has 0 saturated carbocycles. The molecule has 68 valence electrons. The zero-order chi connectivity index (χ0) is 9.14. The van der Waals surface area contributed by atoms with Gasteiger partial charge in [0.2, 0.25) is 0 Å². The summed E-state index contributed by atoms with van der Waals surface area (Å²) in [6.07, 6.45) is -0.657. The van der Waals surface area contributed by atoms with Crippen LogP contribution in [0.5, 0.6) is 0 Å². The Kier molecular flexibility index (Phi) is 3.67. The molecule has 0 spiro atoms. The smallest absolute Gasteiger partial charge is 0.0862 e. The lowest BCUT2D eigenvalue weighted by Crippen LogP contribution is -2.32. The highest BCUT2D eigenvalue weighted by molar-refractivity contribution is 9.11. The quantitative estimate of drug-likeness (QED) is 0.745. The fourth-order valence-corrected chi connectivity index (χ4v) is 2.33. The van der Waals surface area contributed by atoms with Gasteiger partial charge >= 0.3 is 0 Å². The molecule has 0 aliphatic rings. The van der Waals surface area contributed by atoms with Gasteiger partial charge in [0, 0.05) is 11.4 Å². The lowest BCUT2D eigenvalue weighted by molar-refractivity contribution is 0.154. The molecule has 2 unspecified atom stereocenters. The average molecular weight is 251 g/mol. The minimum atomic E-state index is -0.657. The van der Waals surface area contributed by atoms with E-state index in [2.05, 4.69) is 15.9 Å². The number of thiophene rings is 1. The summed E-state index contributed by atoms with van der Waals surface area (Å²) in [5, 5.41) is 9.33. The maximum Gasteiger partial charge on any atom is 0.0862 e. The van der Waals surface area contributed by atoms with Gasteiger partial charge in [-0.2, -0.15) is 0 Å². The van der Waals surface area contributed by atoms with Crippen molar-refractivity contribution in [3.8, 4) is 0 Å². The number of rotatable bonds is 3. The van der Waals surface area contributed by atoms with Gasteiger partial charge in [0.05, 0.1) is 15.9 Å². The van der Waals surface area contributed by atoms with Crippen molar-refractivity contribution in [3.05, 3.63) is 20.8 Å². The van der Waals surface area contributed by atoms with Crippen LogP contribution in [0.1, 0.15) is 10.9 Å². The predicted molar refractivity (Wildman–Crippen MR) is 54.0 cm³/mol. The van der Waals surface area contributed by atoms with Crippen LogP contribution in [0.4, 0.5) is 0 Å². The number of aliphatic hydroxyl groups is 1. The number of aliphatic hydroxyl groups excluding tert-OH is 1. The van der Waals surface area contributed by atoms with Crippen LogP contribution in [0.25, 0.3) is 0 Å². The van der Waals surface area contributed by atoms with Crippen molar-refractivity contribution in [3.63, 3.8) is 0 Å². The van der Waals surface area contributed by atoms with E-state index in [-0.39, 0.29) is 12.6 Å². The van der Waals surface area contributed by atoms with E-state index < -0.39 is 6.10 Å². The van der Waals surface area contributed by atoms with E-state index in [0.717, 1.165) is 8.66 Å². The summed E-state index contributed by atoms with van der Waals surface area (Å²) in [6.45, 7) is 0.191. The number of nitrogens with two attached hydrogens (primary N) is 2. The van der Waals surface area contributed by atoms with Crippen molar-refractivity contribution in [2.75, 3.05) is 6.54 Å². The minimum Gasteiger partial charge on any atom is -0.390 e. The van der Waals surface area contributed by atoms with Crippen LogP contribution in [0.3, 0.4) is 0 Å². The summed E-state index contributed by atoms with van der Waals surface area (Å²) >= 11 is 4.84. The predicted octanol–water partition coefficient (Wildman–Crippen LogP) is 0.830. The SMILES string of the molecule is NCC(O)C(N)c1ccc(Br)s1. The Hall–Kier alpha value is 0.0600. The van der Waals surface area contributed by atoms with Crippen LogP contribution >= 0.6 is 27.3 Å². The molecule has 1 aromatic rings. The zero-order valence-electron chi connectivity index (χ0n) is 6.40. The third-order valence-corrected chi connectivity index (χ3v) is 3.30. The molecule has 0 fully saturated rings. The molecule has 0 aliphatic carbocycles. The van der Waals surface area contributed by atoms with Gasteiger partial charge in [0.15, 0.2) is 0 Å². The third kappa shape index (κ3) is 2.27. The molecule has 1 heterocycles. The van der Waals surface area contributed by atoms with E-state index in [1.807, 2.05) is 12.1 Å². The molecule has 0 aliphatic heterocycles. The van der Waals surface area contributed by atoms with Gasteiger partial charge in [-0.25, -0.2) is 0 Å². The Labute approximate surface area is 83.5 Å². The van der Waals surface area contributed by atoms with Crippen molar-refractivity contribution < 1.29 is 5.11 Å². The second kappa shape index (κ2) is 4.34. The average Bonchev–Trinajstić information content (AvgIpc) is 2.49. The van der Waals surface area contributed by atoms with Crippen LogP contribution in [-0.2, 0) is 0 Å². The van der Waals surface area contributed by atoms with E-state index in [4.69, 9.17) is 11.5 Å². The fourth-order valence-electron chi connectivity index (χ4n) is 0.844. The molecule has 0 radical (unpaired) electrons. The van der Waals surface area contributed by atoms with E-state index in [1.165, 1.54) is 11.3 Å². The van der Waals surface area contributed by atoms with Crippen LogP contribution in [0.2, 0.25) is 0 Å². The zero-order valence-corrected chi connectivity index (χ0v) is 8.81. The maximum atomic E-state index is 9.33. The van der Waals surface area contributed by atoms with Crippen LogP contribution in [-0.4, -0.2) is 17.8 Å². The summed E-state index contributed by atoms with van der Waals surface area (Å²) in [5.74, 6) is 0. The van der Waals surface area contributed by atoms with E-state index in [1.54, 1.807) is 0 Å². The number of hydrogen-bond donors (Lipinski definition) is 3. The van der Waals surface area contributed by atoms with E-state index >= 15 is 0 Å². The third-order valence-electron chi connectivity index (χ3n) is 1.58. The summed E-state index contributed by atoms with van der Waals surface area (Å²) in [5.41, 5.74) is 11.0.